The van der Waals surface area contributed by atoms with E-state index in [1.54, 1.807) is 13.8 Å². The van der Waals surface area contributed by atoms with Crippen molar-refractivity contribution in [3.63, 3.8) is 0 Å². The summed E-state index contributed by atoms with van der Waals surface area (Å²) in [5.74, 6) is -6.56. The summed E-state index contributed by atoms with van der Waals surface area (Å²) in [6.45, 7) is 3.20. The van der Waals surface area contributed by atoms with Crippen molar-refractivity contribution in [1.82, 2.24) is 16.0 Å². The van der Waals surface area contributed by atoms with Crippen LogP contribution in [0.4, 0.5) is 0 Å². The van der Waals surface area contributed by atoms with Gasteiger partial charge in [0.15, 0.2) is 0 Å². The molecule has 0 aromatic rings. The maximum Gasteiger partial charge on any atom is 0.326 e. The molecule has 0 aromatic heterocycles. The van der Waals surface area contributed by atoms with Gasteiger partial charge in [-0.3, -0.25) is 24.0 Å². The number of hydrogen-bond donors (Lipinski definition) is 8. The fraction of sp³-hybridized carbons (Fsp3) is 0.647. The van der Waals surface area contributed by atoms with E-state index in [0.717, 1.165) is 0 Å². The topological polar surface area (TPSA) is 231 Å². The first kappa shape index (κ1) is 28.1. The van der Waals surface area contributed by atoms with Gasteiger partial charge in [-0.2, -0.15) is 12.6 Å². The van der Waals surface area contributed by atoms with Gasteiger partial charge < -0.3 is 37.6 Å². The highest BCUT2D eigenvalue weighted by molar-refractivity contribution is 7.80. The summed E-state index contributed by atoms with van der Waals surface area (Å²) in [7, 11) is 0. The third-order valence-corrected chi connectivity index (χ3v) is 4.45. The van der Waals surface area contributed by atoms with E-state index in [0.29, 0.717) is 0 Å². The Kier molecular flexibility index (Phi) is 12.2. The summed E-state index contributed by atoms with van der Waals surface area (Å²) in [6, 6.07) is -5.18. The van der Waals surface area contributed by atoms with E-state index in [1.165, 1.54) is 0 Å². The first-order valence-corrected chi connectivity index (χ1v) is 9.93. The van der Waals surface area contributed by atoms with Crippen molar-refractivity contribution in [3.8, 4) is 0 Å². The molecule has 176 valence electrons. The highest BCUT2D eigenvalue weighted by Crippen LogP contribution is 2.06. The zero-order valence-electron chi connectivity index (χ0n) is 17.2. The van der Waals surface area contributed by atoms with Gasteiger partial charge in [-0.15, -0.1) is 0 Å². The second-order valence-electron chi connectivity index (χ2n) is 7.08. The molecule has 4 atom stereocenters. The average Bonchev–Trinajstić information content (AvgIpc) is 2.65. The number of nitrogens with one attached hydrogen (secondary N) is 3. The number of carbonyl (C=O) groups excluding carboxylic acids is 4. The molecular formula is C17H29N5O8S. The van der Waals surface area contributed by atoms with Crippen molar-refractivity contribution in [1.29, 1.82) is 0 Å². The summed E-state index contributed by atoms with van der Waals surface area (Å²) in [5.41, 5.74) is 10.4. The number of primary amides is 1. The van der Waals surface area contributed by atoms with E-state index >= 15 is 0 Å². The van der Waals surface area contributed by atoms with Gasteiger partial charge in [0.05, 0.1) is 12.5 Å². The first-order valence-electron chi connectivity index (χ1n) is 9.30. The zero-order valence-corrected chi connectivity index (χ0v) is 18.1. The molecule has 0 spiro atoms. The Balaban J connectivity index is 5.19. The summed E-state index contributed by atoms with van der Waals surface area (Å²) >= 11 is 3.97. The predicted molar refractivity (Wildman–Crippen MR) is 111 cm³/mol. The predicted octanol–water partition coefficient (Wildman–Crippen LogP) is -2.82. The Bertz CT molecular complexity index is 702. The van der Waals surface area contributed by atoms with Crippen LogP contribution in [0.3, 0.4) is 0 Å². The molecule has 13 nitrogen and oxygen atoms in total. The lowest BCUT2D eigenvalue weighted by Crippen LogP contribution is -2.59. The van der Waals surface area contributed by atoms with Crippen molar-refractivity contribution in [2.24, 2.45) is 17.4 Å². The third kappa shape index (κ3) is 10.6. The number of carbonyl (C=O) groups is 6. The van der Waals surface area contributed by atoms with Crippen molar-refractivity contribution in [2.75, 3.05) is 5.75 Å². The van der Waals surface area contributed by atoms with Crippen LogP contribution >= 0.6 is 12.6 Å². The standard InChI is InChI=1S/C17H29N5O8S/c1-7(2)13(16(28)20-9(17(29)30)3-4-11(19)23)22-15(27)10(6-31)21-14(26)8(18)5-12(24)25/h7-10,13,31H,3-6,18H2,1-2H3,(H2,19,23)(H,20,28)(H,21,26)(H,22,27)(H,24,25)(H,29,30). The molecule has 0 fully saturated rings. The molecule has 9 N–H and O–H groups in total. The smallest absolute Gasteiger partial charge is 0.326 e. The van der Waals surface area contributed by atoms with Crippen LogP contribution in [-0.4, -0.2) is 75.7 Å². The fourth-order valence-corrected chi connectivity index (χ4v) is 2.61. The largest absolute Gasteiger partial charge is 0.481 e. The molecule has 14 heteroatoms. The third-order valence-electron chi connectivity index (χ3n) is 4.09. The lowest BCUT2D eigenvalue weighted by molar-refractivity contribution is -0.143. The van der Waals surface area contributed by atoms with E-state index in [4.69, 9.17) is 16.6 Å². The number of carboxylic acid groups (broad SMARTS) is 2. The lowest BCUT2D eigenvalue weighted by Gasteiger charge is -2.26. The van der Waals surface area contributed by atoms with E-state index in [9.17, 15) is 33.9 Å². The minimum absolute atomic E-state index is 0.180. The van der Waals surface area contributed by atoms with E-state index in [-0.39, 0.29) is 18.6 Å². The fourth-order valence-electron chi connectivity index (χ4n) is 2.35. The molecular weight excluding hydrogens is 434 g/mol. The normalized spacial score (nSPS) is 14.6. The Labute approximate surface area is 184 Å². The molecule has 31 heavy (non-hydrogen) atoms. The van der Waals surface area contributed by atoms with Gasteiger partial charge in [0.2, 0.25) is 23.6 Å². The number of aliphatic carboxylic acids is 2. The van der Waals surface area contributed by atoms with Gasteiger partial charge in [-0.1, -0.05) is 13.8 Å². The minimum atomic E-state index is -1.40. The monoisotopic (exact) mass is 463 g/mol. The van der Waals surface area contributed by atoms with Gasteiger partial charge in [0, 0.05) is 12.2 Å². The van der Waals surface area contributed by atoms with Crippen LogP contribution in [0.2, 0.25) is 0 Å². The molecule has 0 saturated carbocycles. The Morgan fingerprint density at radius 2 is 1.45 bits per heavy atom. The first-order chi connectivity index (χ1) is 14.3. The van der Waals surface area contributed by atoms with Gasteiger partial charge in [0.25, 0.3) is 0 Å². The van der Waals surface area contributed by atoms with E-state index in [1.807, 2.05) is 0 Å². The van der Waals surface area contributed by atoms with Crippen LogP contribution in [0.1, 0.15) is 33.1 Å². The van der Waals surface area contributed by atoms with Crippen molar-refractivity contribution in [3.05, 3.63) is 0 Å². The Hall–Kier alpha value is -2.87. The maximum atomic E-state index is 12.5. The second kappa shape index (κ2) is 13.4. The molecule has 0 bridgehead atoms. The van der Waals surface area contributed by atoms with Gasteiger partial charge in [0.1, 0.15) is 18.1 Å². The lowest BCUT2D eigenvalue weighted by atomic mass is 10.0. The van der Waals surface area contributed by atoms with Crippen molar-refractivity contribution >= 4 is 48.2 Å². The van der Waals surface area contributed by atoms with Crippen LogP contribution in [0, 0.1) is 5.92 Å². The highest BCUT2D eigenvalue weighted by Gasteiger charge is 2.31. The molecule has 0 aliphatic carbocycles. The van der Waals surface area contributed by atoms with Crippen LogP contribution < -0.4 is 27.4 Å². The quantitative estimate of drug-likeness (QED) is 0.124. The average molecular weight is 464 g/mol. The van der Waals surface area contributed by atoms with Gasteiger partial charge in [-0.25, -0.2) is 4.79 Å². The number of amides is 4. The second-order valence-corrected chi connectivity index (χ2v) is 7.45. The molecule has 0 radical (unpaired) electrons. The van der Waals surface area contributed by atoms with Crippen molar-refractivity contribution in [2.45, 2.75) is 57.3 Å². The molecule has 4 amide bonds. The minimum Gasteiger partial charge on any atom is -0.481 e. The number of nitrogens with two attached hydrogens (primary N) is 2. The van der Waals surface area contributed by atoms with Crippen LogP contribution in [0.15, 0.2) is 0 Å². The molecule has 0 aliphatic rings. The summed E-state index contributed by atoms with van der Waals surface area (Å²) < 4.78 is 0. The van der Waals surface area contributed by atoms with Gasteiger partial charge >= 0.3 is 11.9 Å². The maximum absolute atomic E-state index is 12.5. The van der Waals surface area contributed by atoms with Gasteiger partial charge in [-0.05, 0) is 12.3 Å². The number of hydrogen-bond acceptors (Lipinski definition) is 8. The van der Waals surface area contributed by atoms with E-state index in [2.05, 4.69) is 28.6 Å². The van der Waals surface area contributed by atoms with Crippen LogP contribution in [0.25, 0.3) is 0 Å². The summed E-state index contributed by atoms with van der Waals surface area (Å²) in [5, 5.41) is 24.8. The van der Waals surface area contributed by atoms with Crippen LogP contribution in [0.5, 0.6) is 0 Å². The number of thiol groups is 1. The van der Waals surface area contributed by atoms with E-state index < -0.39 is 72.1 Å². The SMILES string of the molecule is CC(C)C(NC(=O)C(CS)NC(=O)C(N)CC(=O)O)C(=O)NC(CCC(N)=O)C(=O)O. The molecule has 0 saturated heterocycles. The molecule has 0 aliphatic heterocycles. The highest BCUT2D eigenvalue weighted by atomic mass is 32.1. The van der Waals surface area contributed by atoms with Crippen molar-refractivity contribution < 1.29 is 39.0 Å². The summed E-state index contributed by atoms with van der Waals surface area (Å²) in [6.07, 6.45) is -1.14. The zero-order chi connectivity index (χ0) is 24.3. The molecule has 0 aromatic carbocycles. The Morgan fingerprint density at radius 1 is 0.903 bits per heavy atom. The Morgan fingerprint density at radius 3 is 1.87 bits per heavy atom. The molecule has 0 rings (SSSR count). The molecule has 0 heterocycles. The number of rotatable bonds is 14. The number of carboxylic acids is 2. The molecule has 4 unspecified atom stereocenters. The van der Waals surface area contributed by atoms with Crippen LogP contribution in [-0.2, 0) is 28.8 Å². The summed E-state index contributed by atoms with van der Waals surface area (Å²) in [4.78, 5) is 69.9.